The second-order valence-electron chi connectivity index (χ2n) is 7.03. The van der Waals surface area contributed by atoms with E-state index in [1.165, 1.54) is 18.4 Å². The van der Waals surface area contributed by atoms with Gasteiger partial charge in [0.1, 0.15) is 0 Å². The molecule has 0 aliphatic carbocycles. The maximum absolute atomic E-state index is 6.25. The molecule has 1 unspecified atom stereocenters. The number of nitrogens with one attached hydrogen (secondary N) is 2. The number of pyridine rings is 1. The highest BCUT2D eigenvalue weighted by molar-refractivity contribution is 14.0. The Morgan fingerprint density at radius 3 is 2.69 bits per heavy atom. The summed E-state index contributed by atoms with van der Waals surface area (Å²) in [7, 11) is 0. The van der Waals surface area contributed by atoms with Crippen LogP contribution in [0.1, 0.15) is 37.1 Å². The summed E-state index contributed by atoms with van der Waals surface area (Å²) in [4.78, 5) is 11.8. The monoisotopic (exact) mass is 527 g/mol. The van der Waals surface area contributed by atoms with E-state index >= 15 is 0 Å². The molecular formula is C22H31ClIN5. The third-order valence-electron chi connectivity index (χ3n) is 4.98. The molecule has 29 heavy (non-hydrogen) atoms. The first kappa shape index (κ1) is 23.9. The van der Waals surface area contributed by atoms with Crippen LogP contribution < -0.4 is 10.6 Å². The average molecular weight is 528 g/mol. The van der Waals surface area contributed by atoms with Gasteiger partial charge in [0.25, 0.3) is 0 Å². The molecule has 7 heteroatoms. The maximum Gasteiger partial charge on any atom is 0.191 e. The Bertz CT molecular complexity index is 750. The van der Waals surface area contributed by atoms with Crippen LogP contribution in [-0.4, -0.2) is 48.6 Å². The van der Waals surface area contributed by atoms with Gasteiger partial charge in [-0.3, -0.25) is 14.9 Å². The van der Waals surface area contributed by atoms with E-state index < -0.39 is 0 Å². The lowest BCUT2D eigenvalue weighted by Gasteiger charge is -2.27. The molecule has 0 spiro atoms. The van der Waals surface area contributed by atoms with E-state index in [0.29, 0.717) is 6.54 Å². The number of nitrogens with zero attached hydrogens (tertiary/aromatic N) is 3. The summed E-state index contributed by atoms with van der Waals surface area (Å²) >= 11 is 6.25. The molecule has 2 heterocycles. The summed E-state index contributed by atoms with van der Waals surface area (Å²) in [5.74, 6) is 0.852. The highest BCUT2D eigenvalue weighted by atomic mass is 127. The van der Waals surface area contributed by atoms with Crippen LogP contribution >= 0.6 is 35.6 Å². The summed E-state index contributed by atoms with van der Waals surface area (Å²) in [6.07, 6.45) is 5.21. The van der Waals surface area contributed by atoms with Gasteiger partial charge in [-0.1, -0.05) is 29.8 Å². The molecule has 1 fully saturated rings. The second-order valence-corrected chi connectivity index (χ2v) is 7.47. The largest absolute Gasteiger partial charge is 0.357 e. The van der Waals surface area contributed by atoms with E-state index in [1.807, 2.05) is 36.5 Å². The summed E-state index contributed by atoms with van der Waals surface area (Å²) in [5.41, 5.74) is 2.32. The molecule has 1 aromatic heterocycles. The molecule has 1 atom stereocenters. The lowest BCUT2D eigenvalue weighted by Crippen LogP contribution is -2.39. The average Bonchev–Trinajstić information content (AvgIpc) is 3.23. The number of benzene rings is 1. The molecule has 2 N–H and O–H groups in total. The summed E-state index contributed by atoms with van der Waals surface area (Å²) in [5, 5.41) is 7.57. The highest BCUT2D eigenvalue weighted by Crippen LogP contribution is 2.27. The Morgan fingerprint density at radius 2 is 2.00 bits per heavy atom. The Kier molecular flexibility index (Phi) is 10.7. The van der Waals surface area contributed by atoms with Crippen molar-refractivity contribution in [3.8, 4) is 0 Å². The topological polar surface area (TPSA) is 52.6 Å². The van der Waals surface area contributed by atoms with E-state index in [1.54, 1.807) is 0 Å². The third-order valence-corrected chi connectivity index (χ3v) is 5.22. The van der Waals surface area contributed by atoms with Crippen molar-refractivity contribution in [1.82, 2.24) is 20.5 Å². The third kappa shape index (κ3) is 7.75. The zero-order chi connectivity index (χ0) is 19.6. The van der Waals surface area contributed by atoms with Crippen LogP contribution in [-0.2, 0) is 6.42 Å². The van der Waals surface area contributed by atoms with Crippen molar-refractivity contribution in [2.24, 2.45) is 4.99 Å². The number of rotatable bonds is 8. The van der Waals surface area contributed by atoms with Gasteiger partial charge in [-0.2, -0.15) is 0 Å². The number of likely N-dealkylation sites (tertiary alicyclic amines) is 1. The van der Waals surface area contributed by atoms with Crippen LogP contribution in [0.4, 0.5) is 0 Å². The highest BCUT2D eigenvalue weighted by Gasteiger charge is 2.23. The minimum Gasteiger partial charge on any atom is -0.357 e. The van der Waals surface area contributed by atoms with Crippen molar-refractivity contribution in [1.29, 1.82) is 0 Å². The van der Waals surface area contributed by atoms with Crippen LogP contribution in [0, 0.1) is 0 Å². The fraction of sp³-hybridized carbons (Fsp3) is 0.455. The lowest BCUT2D eigenvalue weighted by atomic mass is 10.1. The molecule has 0 amide bonds. The Labute approximate surface area is 196 Å². The predicted octanol–water partition coefficient (Wildman–Crippen LogP) is 4.29. The minimum absolute atomic E-state index is 0. The van der Waals surface area contributed by atoms with Gasteiger partial charge >= 0.3 is 0 Å². The minimum atomic E-state index is 0. The maximum atomic E-state index is 6.25. The van der Waals surface area contributed by atoms with Crippen LogP contribution in [0.25, 0.3) is 0 Å². The van der Waals surface area contributed by atoms with Crippen LogP contribution in [0.5, 0.6) is 0 Å². The lowest BCUT2D eigenvalue weighted by molar-refractivity contribution is 0.251. The number of hydrogen-bond donors (Lipinski definition) is 2. The van der Waals surface area contributed by atoms with Crippen molar-refractivity contribution in [2.75, 3.05) is 32.7 Å². The first-order chi connectivity index (χ1) is 13.8. The molecule has 3 rings (SSSR count). The molecule has 0 saturated carbocycles. The number of hydrogen-bond acceptors (Lipinski definition) is 3. The van der Waals surface area contributed by atoms with E-state index in [0.717, 1.165) is 49.3 Å². The smallest absolute Gasteiger partial charge is 0.191 e. The van der Waals surface area contributed by atoms with Crippen molar-refractivity contribution >= 4 is 41.5 Å². The van der Waals surface area contributed by atoms with Gasteiger partial charge in [-0.15, -0.1) is 24.0 Å². The second kappa shape index (κ2) is 13.0. The molecule has 158 valence electrons. The van der Waals surface area contributed by atoms with Gasteiger partial charge in [0, 0.05) is 36.4 Å². The fourth-order valence-electron chi connectivity index (χ4n) is 3.57. The van der Waals surface area contributed by atoms with Gasteiger partial charge in [0.05, 0.1) is 12.6 Å². The molecule has 1 aliphatic rings. The molecule has 5 nitrogen and oxygen atoms in total. The van der Waals surface area contributed by atoms with Gasteiger partial charge in [-0.25, -0.2) is 0 Å². The van der Waals surface area contributed by atoms with Gasteiger partial charge in [-0.05, 0) is 62.7 Å². The van der Waals surface area contributed by atoms with Crippen LogP contribution in [0.15, 0.2) is 53.7 Å². The molecule has 1 aromatic carbocycles. The Balaban J connectivity index is 0.00000300. The van der Waals surface area contributed by atoms with Crippen LogP contribution in [0.3, 0.4) is 0 Å². The number of aliphatic imine (C=N–C) groups is 1. The Hall–Kier alpha value is -1.38. The van der Waals surface area contributed by atoms with Gasteiger partial charge in [0.2, 0.25) is 0 Å². The van der Waals surface area contributed by atoms with E-state index in [2.05, 4.69) is 39.6 Å². The first-order valence-corrected chi connectivity index (χ1v) is 10.6. The fourth-order valence-corrected chi connectivity index (χ4v) is 3.77. The molecule has 0 radical (unpaired) electrons. The summed E-state index contributed by atoms with van der Waals surface area (Å²) < 4.78 is 0. The number of halogens is 2. The van der Waals surface area contributed by atoms with Crippen LogP contribution in [0.2, 0.25) is 5.02 Å². The zero-order valence-electron chi connectivity index (χ0n) is 17.0. The number of aromatic nitrogens is 1. The first-order valence-electron chi connectivity index (χ1n) is 10.2. The summed E-state index contributed by atoms with van der Waals surface area (Å²) in [6.45, 7) is 6.67. The van der Waals surface area contributed by atoms with Crippen molar-refractivity contribution in [3.05, 3.63) is 64.9 Å². The van der Waals surface area contributed by atoms with E-state index in [9.17, 15) is 0 Å². The quantitative estimate of drug-likeness (QED) is 0.306. The molecular weight excluding hydrogens is 497 g/mol. The SMILES string of the molecule is CCNC(=NCC(c1cccc(Cl)c1)N1CCCC1)NCCc1ccccn1.I. The van der Waals surface area contributed by atoms with Gasteiger partial charge < -0.3 is 10.6 Å². The van der Waals surface area contributed by atoms with E-state index in [4.69, 9.17) is 16.6 Å². The predicted molar refractivity (Wildman–Crippen MR) is 132 cm³/mol. The normalized spacial score (nSPS) is 15.6. The molecule has 2 aromatic rings. The Morgan fingerprint density at radius 1 is 1.17 bits per heavy atom. The zero-order valence-corrected chi connectivity index (χ0v) is 20.1. The van der Waals surface area contributed by atoms with E-state index in [-0.39, 0.29) is 30.0 Å². The van der Waals surface area contributed by atoms with Crippen molar-refractivity contribution in [2.45, 2.75) is 32.2 Å². The summed E-state index contributed by atoms with van der Waals surface area (Å²) in [6, 6.07) is 14.5. The van der Waals surface area contributed by atoms with Gasteiger partial charge in [0.15, 0.2) is 5.96 Å². The van der Waals surface area contributed by atoms with Crippen molar-refractivity contribution < 1.29 is 0 Å². The molecule has 1 aliphatic heterocycles. The number of guanidine groups is 1. The molecule has 0 bridgehead atoms. The standard InChI is InChI=1S/C22H30ClN5.HI/c1-2-24-22(26-13-11-20-10-3-4-12-25-20)27-17-21(28-14-5-6-15-28)18-8-7-9-19(23)16-18;/h3-4,7-10,12,16,21H,2,5-6,11,13-15,17H2,1H3,(H2,24,26,27);1H. The molecule has 1 saturated heterocycles. The van der Waals surface area contributed by atoms with Crippen molar-refractivity contribution in [3.63, 3.8) is 0 Å².